The number of rotatable bonds is 6. The molecule has 2 aromatic rings. The molecule has 0 saturated heterocycles. The molecule has 1 aromatic heterocycles. The molecule has 3 heteroatoms. The molecular weight excluding hydrogens is 222 g/mol. The van der Waals surface area contributed by atoms with E-state index in [0.29, 0.717) is 0 Å². The second-order valence-corrected chi connectivity index (χ2v) is 4.90. The van der Waals surface area contributed by atoms with Gasteiger partial charge in [-0.15, -0.1) is 0 Å². The van der Waals surface area contributed by atoms with E-state index in [2.05, 4.69) is 39.9 Å². The fourth-order valence-corrected chi connectivity index (χ4v) is 2.08. The lowest BCUT2D eigenvalue weighted by Crippen LogP contribution is -2.28. The maximum atomic E-state index is 4.64. The molecule has 18 heavy (non-hydrogen) atoms. The summed E-state index contributed by atoms with van der Waals surface area (Å²) in [4.78, 5) is 4.64. The average molecular weight is 241 g/mol. The number of nitrogens with zero attached hydrogens (tertiary/aromatic N) is 1. The highest BCUT2D eigenvalue weighted by Gasteiger charge is 2.19. The van der Waals surface area contributed by atoms with Crippen LogP contribution in [0.1, 0.15) is 18.5 Å². The lowest BCUT2D eigenvalue weighted by atomic mass is 10.2. The number of aromatic nitrogens is 1. The first-order valence-corrected chi connectivity index (χ1v) is 6.70. The van der Waals surface area contributed by atoms with Gasteiger partial charge in [0, 0.05) is 31.1 Å². The predicted molar refractivity (Wildman–Crippen MR) is 74.5 cm³/mol. The monoisotopic (exact) mass is 241 g/mol. The number of pyridine rings is 1. The SMILES string of the molecule is c1ccc2nc(CNCCNC3CC3)ccc2c1. The fourth-order valence-electron chi connectivity index (χ4n) is 2.08. The van der Waals surface area contributed by atoms with Gasteiger partial charge >= 0.3 is 0 Å². The van der Waals surface area contributed by atoms with Gasteiger partial charge in [-0.2, -0.15) is 0 Å². The van der Waals surface area contributed by atoms with Gasteiger partial charge in [0.15, 0.2) is 0 Å². The van der Waals surface area contributed by atoms with Crippen LogP contribution in [0.25, 0.3) is 10.9 Å². The van der Waals surface area contributed by atoms with Crippen LogP contribution in [0.4, 0.5) is 0 Å². The van der Waals surface area contributed by atoms with E-state index >= 15 is 0 Å². The van der Waals surface area contributed by atoms with E-state index in [0.717, 1.165) is 36.9 Å². The molecule has 0 spiro atoms. The zero-order valence-electron chi connectivity index (χ0n) is 10.5. The molecule has 1 heterocycles. The van der Waals surface area contributed by atoms with Crippen LogP contribution in [0.15, 0.2) is 36.4 Å². The van der Waals surface area contributed by atoms with Crippen molar-refractivity contribution < 1.29 is 0 Å². The molecule has 3 rings (SSSR count). The van der Waals surface area contributed by atoms with Crippen LogP contribution < -0.4 is 10.6 Å². The Morgan fingerprint density at radius 3 is 2.83 bits per heavy atom. The number of benzene rings is 1. The molecule has 1 aromatic carbocycles. The van der Waals surface area contributed by atoms with Crippen LogP contribution in [-0.2, 0) is 6.54 Å². The third kappa shape index (κ3) is 3.06. The third-order valence-electron chi connectivity index (χ3n) is 3.27. The molecule has 0 atom stereocenters. The molecule has 0 unspecified atom stereocenters. The Bertz CT molecular complexity index is 520. The Morgan fingerprint density at radius 2 is 1.94 bits per heavy atom. The van der Waals surface area contributed by atoms with Gasteiger partial charge in [0.1, 0.15) is 0 Å². The highest BCUT2D eigenvalue weighted by atomic mass is 15.0. The first kappa shape index (κ1) is 11.6. The van der Waals surface area contributed by atoms with Crippen molar-refractivity contribution in [3.05, 3.63) is 42.1 Å². The van der Waals surface area contributed by atoms with E-state index < -0.39 is 0 Å². The summed E-state index contributed by atoms with van der Waals surface area (Å²) in [5.41, 5.74) is 2.19. The molecule has 0 amide bonds. The quantitative estimate of drug-likeness (QED) is 0.760. The lowest BCUT2D eigenvalue weighted by Gasteiger charge is -2.06. The second kappa shape index (κ2) is 5.46. The van der Waals surface area contributed by atoms with Crippen molar-refractivity contribution in [1.82, 2.24) is 15.6 Å². The molecule has 2 N–H and O–H groups in total. The van der Waals surface area contributed by atoms with Crippen molar-refractivity contribution in [2.75, 3.05) is 13.1 Å². The van der Waals surface area contributed by atoms with E-state index in [4.69, 9.17) is 0 Å². The summed E-state index contributed by atoms with van der Waals surface area (Å²) in [5, 5.41) is 8.12. The molecular formula is C15H19N3. The van der Waals surface area contributed by atoms with E-state index in [1.165, 1.54) is 18.2 Å². The maximum absolute atomic E-state index is 4.64. The molecule has 94 valence electrons. The molecule has 1 aliphatic carbocycles. The van der Waals surface area contributed by atoms with Crippen LogP contribution in [0.3, 0.4) is 0 Å². The first-order chi connectivity index (χ1) is 8.92. The second-order valence-electron chi connectivity index (χ2n) is 4.90. The van der Waals surface area contributed by atoms with Gasteiger partial charge in [-0.05, 0) is 25.0 Å². The average Bonchev–Trinajstić information content (AvgIpc) is 3.22. The van der Waals surface area contributed by atoms with Gasteiger partial charge < -0.3 is 10.6 Å². The van der Waals surface area contributed by atoms with Gasteiger partial charge in [-0.3, -0.25) is 4.98 Å². The largest absolute Gasteiger partial charge is 0.313 e. The Hall–Kier alpha value is -1.45. The van der Waals surface area contributed by atoms with E-state index in [1.807, 2.05) is 12.1 Å². The molecule has 1 saturated carbocycles. The Morgan fingerprint density at radius 1 is 1.06 bits per heavy atom. The van der Waals surface area contributed by atoms with Crippen molar-refractivity contribution in [3.8, 4) is 0 Å². The predicted octanol–water partition coefficient (Wildman–Crippen LogP) is 2.08. The number of fused-ring (bicyclic) bond motifs is 1. The summed E-state index contributed by atoms with van der Waals surface area (Å²) in [6.45, 7) is 2.90. The third-order valence-corrected chi connectivity index (χ3v) is 3.27. The van der Waals surface area contributed by atoms with Crippen molar-refractivity contribution in [3.63, 3.8) is 0 Å². The van der Waals surface area contributed by atoms with E-state index in [-0.39, 0.29) is 0 Å². The van der Waals surface area contributed by atoms with Gasteiger partial charge in [0.25, 0.3) is 0 Å². The fraction of sp³-hybridized carbons (Fsp3) is 0.400. The Balaban J connectivity index is 1.50. The van der Waals surface area contributed by atoms with Gasteiger partial charge in [-0.25, -0.2) is 0 Å². The van der Waals surface area contributed by atoms with Crippen LogP contribution in [0, 0.1) is 0 Å². The molecule has 1 fully saturated rings. The summed E-state index contributed by atoms with van der Waals surface area (Å²) >= 11 is 0. The normalized spacial score (nSPS) is 15.1. The van der Waals surface area contributed by atoms with Crippen molar-refractivity contribution >= 4 is 10.9 Å². The zero-order valence-corrected chi connectivity index (χ0v) is 10.5. The van der Waals surface area contributed by atoms with Gasteiger partial charge in [0.05, 0.1) is 11.2 Å². The van der Waals surface area contributed by atoms with Crippen molar-refractivity contribution in [2.45, 2.75) is 25.4 Å². The zero-order chi connectivity index (χ0) is 12.2. The van der Waals surface area contributed by atoms with Gasteiger partial charge in [0.2, 0.25) is 0 Å². The Kier molecular flexibility index (Phi) is 3.53. The van der Waals surface area contributed by atoms with Crippen molar-refractivity contribution in [2.24, 2.45) is 0 Å². The number of nitrogens with one attached hydrogen (secondary N) is 2. The number of hydrogen-bond acceptors (Lipinski definition) is 3. The number of para-hydroxylation sites is 1. The minimum Gasteiger partial charge on any atom is -0.313 e. The molecule has 0 radical (unpaired) electrons. The molecule has 0 aliphatic heterocycles. The highest BCUT2D eigenvalue weighted by Crippen LogP contribution is 2.17. The Labute approximate surface area is 108 Å². The summed E-state index contributed by atoms with van der Waals surface area (Å²) in [6, 6.07) is 13.3. The minimum atomic E-state index is 0.797. The summed E-state index contributed by atoms with van der Waals surface area (Å²) < 4.78 is 0. The number of hydrogen-bond donors (Lipinski definition) is 2. The van der Waals surface area contributed by atoms with Crippen LogP contribution in [-0.4, -0.2) is 24.1 Å². The lowest BCUT2D eigenvalue weighted by molar-refractivity contribution is 0.604. The van der Waals surface area contributed by atoms with Crippen LogP contribution in [0.5, 0.6) is 0 Å². The standard InChI is InChI=1S/C15H19N3/c1-2-4-15-12(3-1)5-6-14(18-15)11-16-9-10-17-13-7-8-13/h1-6,13,16-17H,7-11H2. The summed E-state index contributed by atoms with van der Waals surface area (Å²) in [5.74, 6) is 0. The van der Waals surface area contributed by atoms with Crippen LogP contribution in [0.2, 0.25) is 0 Å². The molecule has 3 nitrogen and oxygen atoms in total. The first-order valence-electron chi connectivity index (χ1n) is 6.70. The summed E-state index contributed by atoms with van der Waals surface area (Å²) in [7, 11) is 0. The molecule has 0 bridgehead atoms. The minimum absolute atomic E-state index is 0.797. The smallest absolute Gasteiger partial charge is 0.0705 e. The van der Waals surface area contributed by atoms with E-state index in [1.54, 1.807) is 0 Å². The van der Waals surface area contributed by atoms with E-state index in [9.17, 15) is 0 Å². The summed E-state index contributed by atoms with van der Waals surface area (Å²) in [6.07, 6.45) is 2.71. The molecule has 1 aliphatic rings. The van der Waals surface area contributed by atoms with Gasteiger partial charge in [-0.1, -0.05) is 24.3 Å². The highest BCUT2D eigenvalue weighted by molar-refractivity contribution is 5.78. The van der Waals surface area contributed by atoms with Crippen molar-refractivity contribution in [1.29, 1.82) is 0 Å². The topological polar surface area (TPSA) is 37.0 Å². The van der Waals surface area contributed by atoms with Crippen LogP contribution >= 0.6 is 0 Å². The maximum Gasteiger partial charge on any atom is 0.0705 e.